The van der Waals surface area contributed by atoms with Gasteiger partial charge in [0, 0.05) is 5.56 Å². The molecular formula is C9H7F4NOS. The molecule has 16 heavy (non-hydrogen) atoms. The topological polar surface area (TPSA) is 43.1 Å². The first-order valence-electron chi connectivity index (χ1n) is 4.07. The normalized spacial score (nSPS) is 10.6. The Hall–Kier alpha value is -1.24. The molecule has 0 atom stereocenters. The van der Waals surface area contributed by atoms with Crippen molar-refractivity contribution in [3.63, 3.8) is 0 Å². The molecule has 1 amide bonds. The number of nitrogens with two attached hydrogens (primary N) is 1. The first kappa shape index (κ1) is 12.8. The van der Waals surface area contributed by atoms with Gasteiger partial charge in [0.2, 0.25) is 5.91 Å². The monoisotopic (exact) mass is 253 g/mol. The lowest BCUT2D eigenvalue weighted by Gasteiger charge is -2.08. The smallest absolute Gasteiger partial charge is 0.222 e. The van der Waals surface area contributed by atoms with E-state index in [1.54, 1.807) is 0 Å². The molecule has 0 bridgehead atoms. The second-order valence-electron chi connectivity index (χ2n) is 2.91. The lowest BCUT2D eigenvalue weighted by Crippen LogP contribution is -2.17. The van der Waals surface area contributed by atoms with Crippen LogP contribution in [0.15, 0.2) is 4.90 Å². The molecule has 1 rings (SSSR count). The molecule has 2 nitrogen and oxygen atoms in total. The Morgan fingerprint density at radius 2 is 1.56 bits per heavy atom. The minimum absolute atomic E-state index is 0.532. The summed E-state index contributed by atoms with van der Waals surface area (Å²) < 4.78 is 52.9. The summed E-state index contributed by atoms with van der Waals surface area (Å²) in [5.41, 5.74) is 3.72. The molecule has 0 aromatic heterocycles. The van der Waals surface area contributed by atoms with Gasteiger partial charge in [0.05, 0.1) is 11.3 Å². The molecule has 0 radical (unpaired) electrons. The third kappa shape index (κ3) is 2.13. The van der Waals surface area contributed by atoms with E-state index in [1.165, 1.54) is 6.26 Å². The van der Waals surface area contributed by atoms with Crippen molar-refractivity contribution in [3.8, 4) is 0 Å². The fourth-order valence-corrected chi connectivity index (χ4v) is 1.70. The molecule has 1 aromatic rings. The van der Waals surface area contributed by atoms with Crippen LogP contribution in [0.3, 0.4) is 0 Å². The van der Waals surface area contributed by atoms with Gasteiger partial charge in [0.25, 0.3) is 0 Å². The van der Waals surface area contributed by atoms with Crippen LogP contribution in [0.25, 0.3) is 0 Å². The Kier molecular flexibility index (Phi) is 3.79. The summed E-state index contributed by atoms with van der Waals surface area (Å²) in [6.07, 6.45) is 0.383. The van der Waals surface area contributed by atoms with Crippen LogP contribution in [0.4, 0.5) is 17.6 Å². The van der Waals surface area contributed by atoms with E-state index < -0.39 is 46.1 Å². The maximum Gasteiger partial charge on any atom is 0.222 e. The van der Waals surface area contributed by atoms with E-state index >= 15 is 0 Å². The van der Waals surface area contributed by atoms with E-state index in [-0.39, 0.29) is 0 Å². The third-order valence-corrected chi connectivity index (χ3v) is 2.64. The molecule has 0 saturated heterocycles. The maximum atomic E-state index is 13.2. The summed E-state index contributed by atoms with van der Waals surface area (Å²) in [5.74, 6) is -7.26. The molecule has 2 N–H and O–H groups in total. The van der Waals surface area contributed by atoms with Gasteiger partial charge in [-0.1, -0.05) is 0 Å². The third-order valence-electron chi connectivity index (χ3n) is 1.87. The highest BCUT2D eigenvalue weighted by Crippen LogP contribution is 2.30. The molecule has 0 fully saturated rings. The van der Waals surface area contributed by atoms with Crippen molar-refractivity contribution in [2.75, 3.05) is 6.26 Å². The summed E-state index contributed by atoms with van der Waals surface area (Å²) in [5, 5.41) is 0. The number of thioether (sulfide) groups is 1. The Balaban J connectivity index is 3.47. The number of hydrogen-bond donors (Lipinski definition) is 1. The fraction of sp³-hybridized carbons (Fsp3) is 0.222. The van der Waals surface area contributed by atoms with Crippen molar-refractivity contribution in [1.29, 1.82) is 0 Å². The van der Waals surface area contributed by atoms with Crippen molar-refractivity contribution < 1.29 is 22.4 Å². The van der Waals surface area contributed by atoms with Crippen molar-refractivity contribution in [3.05, 3.63) is 28.8 Å². The second-order valence-corrected chi connectivity index (χ2v) is 3.73. The van der Waals surface area contributed by atoms with Crippen molar-refractivity contribution in [1.82, 2.24) is 0 Å². The first-order chi connectivity index (χ1) is 7.40. The van der Waals surface area contributed by atoms with Gasteiger partial charge in [-0.2, -0.15) is 0 Å². The minimum atomic E-state index is -1.58. The Bertz CT molecular complexity index is 421. The number of benzene rings is 1. The molecule has 0 aliphatic carbocycles. The minimum Gasteiger partial charge on any atom is -0.369 e. The maximum absolute atomic E-state index is 13.2. The van der Waals surface area contributed by atoms with Crippen molar-refractivity contribution in [2.45, 2.75) is 11.3 Å². The Labute approximate surface area is 92.8 Å². The van der Waals surface area contributed by atoms with Gasteiger partial charge in [0.15, 0.2) is 23.3 Å². The quantitative estimate of drug-likeness (QED) is 0.508. The van der Waals surface area contributed by atoms with Gasteiger partial charge in [-0.15, -0.1) is 11.8 Å². The van der Waals surface area contributed by atoms with Crippen LogP contribution in [0.5, 0.6) is 0 Å². The average Bonchev–Trinajstić information content (AvgIpc) is 2.22. The number of amides is 1. The predicted molar refractivity (Wildman–Crippen MR) is 51.0 cm³/mol. The summed E-state index contributed by atoms with van der Waals surface area (Å²) in [6, 6.07) is 0. The fourth-order valence-electron chi connectivity index (χ4n) is 1.17. The van der Waals surface area contributed by atoms with Gasteiger partial charge in [-0.25, -0.2) is 17.6 Å². The Morgan fingerprint density at radius 1 is 1.12 bits per heavy atom. The SMILES string of the molecule is CSc1c(F)c(F)c(CC(N)=O)c(F)c1F. The molecule has 0 unspecified atom stereocenters. The predicted octanol–water partition coefficient (Wildman–Crippen LogP) is 1.99. The van der Waals surface area contributed by atoms with Crippen LogP contribution < -0.4 is 5.73 Å². The molecule has 0 saturated carbocycles. The summed E-state index contributed by atoms with van der Waals surface area (Å²) in [6.45, 7) is 0. The van der Waals surface area contributed by atoms with Crippen LogP contribution in [0.1, 0.15) is 5.56 Å². The molecular weight excluding hydrogens is 246 g/mol. The van der Waals surface area contributed by atoms with Gasteiger partial charge in [-0.3, -0.25) is 4.79 Å². The van der Waals surface area contributed by atoms with Gasteiger partial charge in [0.1, 0.15) is 0 Å². The largest absolute Gasteiger partial charge is 0.369 e. The van der Waals surface area contributed by atoms with E-state index in [0.717, 1.165) is 0 Å². The molecule has 1 aromatic carbocycles. The number of primary amides is 1. The van der Waals surface area contributed by atoms with Crippen LogP contribution >= 0.6 is 11.8 Å². The molecule has 0 aliphatic rings. The van der Waals surface area contributed by atoms with Gasteiger partial charge < -0.3 is 5.73 Å². The molecule has 0 heterocycles. The van der Waals surface area contributed by atoms with Gasteiger partial charge >= 0.3 is 0 Å². The highest BCUT2D eigenvalue weighted by molar-refractivity contribution is 7.98. The summed E-state index contributed by atoms with van der Waals surface area (Å²) in [4.78, 5) is 9.73. The number of carbonyl (C=O) groups is 1. The highest BCUT2D eigenvalue weighted by Gasteiger charge is 2.25. The van der Waals surface area contributed by atoms with Crippen LogP contribution in [-0.2, 0) is 11.2 Å². The number of halogens is 4. The van der Waals surface area contributed by atoms with Crippen molar-refractivity contribution in [2.24, 2.45) is 5.73 Å². The molecule has 88 valence electrons. The second kappa shape index (κ2) is 4.73. The molecule has 7 heteroatoms. The van der Waals surface area contributed by atoms with E-state index in [0.29, 0.717) is 11.8 Å². The van der Waals surface area contributed by atoms with Gasteiger partial charge in [-0.05, 0) is 6.26 Å². The van der Waals surface area contributed by atoms with Crippen LogP contribution in [0.2, 0.25) is 0 Å². The lowest BCUT2D eigenvalue weighted by atomic mass is 10.1. The van der Waals surface area contributed by atoms with E-state index in [4.69, 9.17) is 5.73 Å². The summed E-state index contributed by atoms with van der Waals surface area (Å²) >= 11 is 0.532. The highest BCUT2D eigenvalue weighted by atomic mass is 32.2. The van der Waals surface area contributed by atoms with E-state index in [9.17, 15) is 22.4 Å². The Morgan fingerprint density at radius 3 is 1.88 bits per heavy atom. The zero-order valence-corrected chi connectivity index (χ0v) is 8.93. The first-order valence-corrected chi connectivity index (χ1v) is 5.29. The number of hydrogen-bond acceptors (Lipinski definition) is 2. The van der Waals surface area contributed by atoms with E-state index in [1.807, 2.05) is 0 Å². The number of rotatable bonds is 3. The van der Waals surface area contributed by atoms with E-state index in [2.05, 4.69) is 0 Å². The zero-order valence-electron chi connectivity index (χ0n) is 8.11. The zero-order chi connectivity index (χ0) is 12.5. The lowest BCUT2D eigenvalue weighted by molar-refractivity contribution is -0.117. The molecule has 0 spiro atoms. The molecule has 0 aliphatic heterocycles. The summed E-state index contributed by atoms with van der Waals surface area (Å²) in [7, 11) is 0. The average molecular weight is 253 g/mol. The van der Waals surface area contributed by atoms with Crippen LogP contribution in [-0.4, -0.2) is 12.2 Å². The van der Waals surface area contributed by atoms with Crippen LogP contribution in [0, 0.1) is 23.3 Å². The standard InChI is InChI=1S/C9H7F4NOS/c1-16-9-7(12)5(10)3(2-4(14)15)6(11)8(9)13/h2H2,1H3,(H2,14,15). The van der Waals surface area contributed by atoms with Crippen molar-refractivity contribution >= 4 is 17.7 Å². The number of carbonyl (C=O) groups excluding carboxylic acids is 1.